The molecule has 1 saturated carbocycles. The minimum absolute atomic E-state index is 0.0759. The highest BCUT2D eigenvalue weighted by molar-refractivity contribution is 5.91. The number of amides is 1. The monoisotopic (exact) mass is 288 g/mol. The molecular weight excluding hydrogens is 264 g/mol. The Morgan fingerprint density at radius 2 is 2.05 bits per heavy atom. The van der Waals surface area contributed by atoms with Crippen LogP contribution in [0.2, 0.25) is 0 Å². The molecule has 1 aliphatic rings. The second-order valence-corrected chi connectivity index (χ2v) is 5.90. The summed E-state index contributed by atoms with van der Waals surface area (Å²) in [7, 11) is 4.00. The summed E-state index contributed by atoms with van der Waals surface area (Å²) in [6.45, 7) is 0.653. The van der Waals surface area contributed by atoms with E-state index in [1.54, 1.807) is 6.08 Å². The van der Waals surface area contributed by atoms with Crippen LogP contribution in [0.25, 0.3) is 6.08 Å². The Kier molecular flexibility index (Phi) is 5.39. The molecule has 1 aliphatic carbocycles. The summed E-state index contributed by atoms with van der Waals surface area (Å²) < 4.78 is 0. The Morgan fingerprint density at radius 1 is 1.33 bits per heavy atom. The number of rotatable bonds is 5. The van der Waals surface area contributed by atoms with Crippen molar-refractivity contribution in [3.8, 4) is 0 Å². The van der Waals surface area contributed by atoms with E-state index < -0.39 is 0 Å². The number of aliphatic hydroxyl groups is 1. The van der Waals surface area contributed by atoms with Gasteiger partial charge in [0.25, 0.3) is 0 Å². The Morgan fingerprint density at radius 3 is 2.62 bits per heavy atom. The van der Waals surface area contributed by atoms with Crippen molar-refractivity contribution in [1.29, 1.82) is 0 Å². The first kappa shape index (κ1) is 15.6. The Labute approximate surface area is 126 Å². The molecule has 0 radical (unpaired) electrons. The SMILES string of the molecule is CN(C)c1ccc(/C=C/C(=O)NCC2CCC(O)C2)cc1. The summed E-state index contributed by atoms with van der Waals surface area (Å²) in [5.74, 6) is 0.338. The molecule has 0 spiro atoms. The fourth-order valence-electron chi connectivity index (χ4n) is 2.59. The number of aliphatic hydroxyl groups excluding tert-OH is 1. The van der Waals surface area contributed by atoms with Gasteiger partial charge in [-0.25, -0.2) is 0 Å². The van der Waals surface area contributed by atoms with Gasteiger partial charge < -0.3 is 15.3 Å². The molecule has 2 unspecified atom stereocenters. The van der Waals surface area contributed by atoms with E-state index in [1.165, 1.54) is 0 Å². The zero-order chi connectivity index (χ0) is 15.2. The number of hydrogen-bond donors (Lipinski definition) is 2. The van der Waals surface area contributed by atoms with Crippen molar-refractivity contribution in [2.75, 3.05) is 25.5 Å². The largest absolute Gasteiger partial charge is 0.393 e. The lowest BCUT2D eigenvalue weighted by atomic mass is 10.1. The molecule has 4 heteroatoms. The minimum Gasteiger partial charge on any atom is -0.393 e. The number of nitrogens with zero attached hydrogens (tertiary/aromatic N) is 1. The van der Waals surface area contributed by atoms with Crippen LogP contribution >= 0.6 is 0 Å². The van der Waals surface area contributed by atoms with Crippen LogP contribution in [0, 0.1) is 5.92 Å². The summed E-state index contributed by atoms with van der Waals surface area (Å²) in [6, 6.07) is 8.04. The zero-order valence-corrected chi connectivity index (χ0v) is 12.7. The van der Waals surface area contributed by atoms with Crippen molar-refractivity contribution in [3.63, 3.8) is 0 Å². The van der Waals surface area contributed by atoms with E-state index in [0.717, 1.165) is 30.5 Å². The molecule has 0 aliphatic heterocycles. The Bertz CT molecular complexity index is 494. The second kappa shape index (κ2) is 7.27. The molecule has 0 aromatic heterocycles. The third kappa shape index (κ3) is 4.90. The van der Waals surface area contributed by atoms with E-state index in [9.17, 15) is 9.90 Å². The minimum atomic E-state index is -0.183. The van der Waals surface area contributed by atoms with Crippen LogP contribution < -0.4 is 10.2 Å². The molecule has 4 nitrogen and oxygen atoms in total. The fourth-order valence-corrected chi connectivity index (χ4v) is 2.59. The number of nitrogens with one attached hydrogen (secondary N) is 1. The van der Waals surface area contributed by atoms with E-state index in [4.69, 9.17) is 0 Å². The molecule has 1 amide bonds. The molecule has 0 saturated heterocycles. The van der Waals surface area contributed by atoms with E-state index in [1.807, 2.05) is 49.3 Å². The highest BCUT2D eigenvalue weighted by atomic mass is 16.3. The number of hydrogen-bond acceptors (Lipinski definition) is 3. The molecule has 2 N–H and O–H groups in total. The number of benzene rings is 1. The molecule has 2 atom stereocenters. The number of anilines is 1. The standard InChI is InChI=1S/C17H24N2O2/c1-19(2)15-7-3-13(4-8-15)6-10-17(21)18-12-14-5-9-16(20)11-14/h3-4,6-8,10,14,16,20H,5,9,11-12H2,1-2H3,(H,18,21)/b10-6+. The van der Waals surface area contributed by atoms with Crippen LogP contribution in [0.15, 0.2) is 30.3 Å². The predicted molar refractivity (Wildman–Crippen MR) is 86.2 cm³/mol. The molecule has 114 valence electrons. The van der Waals surface area contributed by atoms with E-state index in [2.05, 4.69) is 5.32 Å². The van der Waals surface area contributed by atoms with Gasteiger partial charge in [-0.05, 0) is 49.0 Å². The maximum Gasteiger partial charge on any atom is 0.244 e. The molecule has 0 heterocycles. The first-order valence-electron chi connectivity index (χ1n) is 7.46. The van der Waals surface area contributed by atoms with Crippen LogP contribution in [0.5, 0.6) is 0 Å². The average Bonchev–Trinajstić information content (AvgIpc) is 2.89. The smallest absolute Gasteiger partial charge is 0.244 e. The topological polar surface area (TPSA) is 52.6 Å². The summed E-state index contributed by atoms with van der Waals surface area (Å²) in [4.78, 5) is 13.8. The van der Waals surface area contributed by atoms with E-state index in [0.29, 0.717) is 12.5 Å². The quantitative estimate of drug-likeness (QED) is 0.815. The maximum absolute atomic E-state index is 11.8. The van der Waals surface area contributed by atoms with Crippen LogP contribution in [-0.2, 0) is 4.79 Å². The molecule has 1 aromatic carbocycles. The number of carbonyl (C=O) groups is 1. The van der Waals surface area contributed by atoms with Crippen LogP contribution in [0.4, 0.5) is 5.69 Å². The summed E-state index contributed by atoms with van der Waals surface area (Å²) in [5, 5.41) is 12.3. The van der Waals surface area contributed by atoms with Crippen molar-refractivity contribution in [2.45, 2.75) is 25.4 Å². The van der Waals surface area contributed by atoms with Gasteiger partial charge in [0.2, 0.25) is 5.91 Å². The normalized spacial score (nSPS) is 21.7. The first-order chi connectivity index (χ1) is 10.0. The fraction of sp³-hybridized carbons (Fsp3) is 0.471. The van der Waals surface area contributed by atoms with Crippen molar-refractivity contribution < 1.29 is 9.90 Å². The summed E-state index contributed by atoms with van der Waals surface area (Å²) >= 11 is 0. The van der Waals surface area contributed by atoms with Crippen molar-refractivity contribution in [1.82, 2.24) is 5.32 Å². The van der Waals surface area contributed by atoms with Crippen LogP contribution in [0.3, 0.4) is 0 Å². The van der Waals surface area contributed by atoms with E-state index >= 15 is 0 Å². The van der Waals surface area contributed by atoms with Gasteiger partial charge in [0, 0.05) is 32.4 Å². The van der Waals surface area contributed by atoms with Gasteiger partial charge in [-0.2, -0.15) is 0 Å². The van der Waals surface area contributed by atoms with Gasteiger partial charge in [-0.1, -0.05) is 12.1 Å². The average molecular weight is 288 g/mol. The van der Waals surface area contributed by atoms with Crippen molar-refractivity contribution in [3.05, 3.63) is 35.9 Å². The van der Waals surface area contributed by atoms with Gasteiger partial charge in [-0.15, -0.1) is 0 Å². The van der Waals surface area contributed by atoms with Gasteiger partial charge in [0.15, 0.2) is 0 Å². The van der Waals surface area contributed by atoms with Gasteiger partial charge in [-0.3, -0.25) is 4.79 Å². The van der Waals surface area contributed by atoms with Gasteiger partial charge in [0.05, 0.1) is 6.10 Å². The van der Waals surface area contributed by atoms with Crippen molar-refractivity contribution in [2.24, 2.45) is 5.92 Å². The molecule has 0 bridgehead atoms. The lowest BCUT2D eigenvalue weighted by Gasteiger charge is -2.11. The maximum atomic E-state index is 11.8. The molecular formula is C17H24N2O2. The third-order valence-electron chi connectivity index (χ3n) is 3.92. The zero-order valence-electron chi connectivity index (χ0n) is 12.7. The Balaban J connectivity index is 1.78. The summed E-state index contributed by atoms with van der Waals surface area (Å²) in [5.41, 5.74) is 2.14. The number of carbonyl (C=O) groups excluding carboxylic acids is 1. The third-order valence-corrected chi connectivity index (χ3v) is 3.92. The second-order valence-electron chi connectivity index (χ2n) is 5.90. The highest BCUT2D eigenvalue weighted by Gasteiger charge is 2.22. The molecule has 21 heavy (non-hydrogen) atoms. The van der Waals surface area contributed by atoms with Gasteiger partial charge >= 0.3 is 0 Å². The molecule has 2 rings (SSSR count). The Hall–Kier alpha value is -1.81. The summed E-state index contributed by atoms with van der Waals surface area (Å²) in [6.07, 6.45) is 5.86. The predicted octanol–water partition coefficient (Wildman–Crippen LogP) is 2.04. The molecule has 1 fully saturated rings. The van der Waals surface area contributed by atoms with Gasteiger partial charge in [0.1, 0.15) is 0 Å². The van der Waals surface area contributed by atoms with Crippen LogP contribution in [0.1, 0.15) is 24.8 Å². The lowest BCUT2D eigenvalue weighted by Crippen LogP contribution is -2.26. The van der Waals surface area contributed by atoms with E-state index in [-0.39, 0.29) is 12.0 Å². The van der Waals surface area contributed by atoms with Crippen LogP contribution in [-0.4, -0.2) is 37.8 Å². The highest BCUT2D eigenvalue weighted by Crippen LogP contribution is 2.24. The lowest BCUT2D eigenvalue weighted by molar-refractivity contribution is -0.116. The molecule has 1 aromatic rings. The first-order valence-corrected chi connectivity index (χ1v) is 7.46. The van der Waals surface area contributed by atoms with Crippen molar-refractivity contribution >= 4 is 17.7 Å².